The molecule has 1 aliphatic heterocycles. The average molecular weight is 442 g/mol. The molecule has 5 heteroatoms. The van der Waals surface area contributed by atoms with E-state index in [2.05, 4.69) is 31.3 Å². The maximum atomic E-state index is 13.0. The van der Waals surface area contributed by atoms with Crippen molar-refractivity contribution >= 4 is 23.6 Å². The molecule has 5 rings (SSSR count). The van der Waals surface area contributed by atoms with Gasteiger partial charge in [-0.05, 0) is 85.7 Å². The number of fused-ring (bicyclic) bond motifs is 5. The Hall–Kier alpha value is -1.49. The van der Waals surface area contributed by atoms with Crippen LogP contribution in [-0.4, -0.2) is 30.3 Å². The minimum absolute atomic E-state index is 0.00685. The van der Waals surface area contributed by atoms with Crippen molar-refractivity contribution in [2.24, 2.45) is 34.5 Å². The topological polar surface area (TPSA) is 55.4 Å². The molecule has 0 bridgehead atoms. The smallest absolute Gasteiger partial charge is 0.309 e. The lowest BCUT2D eigenvalue weighted by molar-refractivity contribution is -0.155. The molecule has 0 radical (unpaired) electrons. The normalized spacial score (nSPS) is 43.9. The molecule has 1 aromatic rings. The van der Waals surface area contributed by atoms with E-state index in [1.54, 1.807) is 11.8 Å². The summed E-state index contributed by atoms with van der Waals surface area (Å²) < 4.78 is 5.18. The van der Waals surface area contributed by atoms with Crippen molar-refractivity contribution in [3.63, 3.8) is 0 Å². The Morgan fingerprint density at radius 2 is 1.77 bits per heavy atom. The van der Waals surface area contributed by atoms with Crippen LogP contribution in [0.25, 0.3) is 0 Å². The van der Waals surface area contributed by atoms with Gasteiger partial charge in [0, 0.05) is 10.9 Å². The number of rotatable bonds is 3. The van der Waals surface area contributed by atoms with E-state index in [-0.39, 0.29) is 39.9 Å². The van der Waals surface area contributed by atoms with Gasteiger partial charge in [0.25, 0.3) is 0 Å². The molecule has 3 saturated carbocycles. The fourth-order valence-electron chi connectivity index (χ4n) is 8.03. The van der Waals surface area contributed by atoms with Crippen molar-refractivity contribution < 1.29 is 14.3 Å². The molecule has 1 N–H and O–H groups in total. The van der Waals surface area contributed by atoms with Crippen LogP contribution in [0, 0.1) is 34.5 Å². The molecule has 8 atom stereocenters. The van der Waals surface area contributed by atoms with E-state index in [4.69, 9.17) is 4.74 Å². The molecule has 1 amide bonds. The molecular formula is C26H35NO3S. The highest BCUT2D eigenvalue weighted by atomic mass is 32.2. The van der Waals surface area contributed by atoms with Crippen molar-refractivity contribution in [1.82, 2.24) is 5.32 Å². The van der Waals surface area contributed by atoms with Crippen molar-refractivity contribution in [2.45, 2.75) is 75.0 Å². The van der Waals surface area contributed by atoms with Crippen LogP contribution >= 0.6 is 11.8 Å². The first-order chi connectivity index (χ1) is 14.9. The monoisotopic (exact) mass is 441 g/mol. The van der Waals surface area contributed by atoms with Gasteiger partial charge in [0.05, 0.1) is 18.3 Å². The fourth-order valence-corrected chi connectivity index (χ4v) is 9.29. The zero-order valence-corrected chi connectivity index (χ0v) is 19.8. The van der Waals surface area contributed by atoms with Crippen LogP contribution in [0.1, 0.15) is 58.8 Å². The number of ether oxygens (including phenoxy) is 1. The van der Waals surface area contributed by atoms with Gasteiger partial charge in [-0.25, -0.2) is 0 Å². The Kier molecular flexibility index (Phi) is 5.39. The van der Waals surface area contributed by atoms with Gasteiger partial charge in [0.15, 0.2) is 0 Å². The van der Waals surface area contributed by atoms with Crippen LogP contribution in [-0.2, 0) is 14.3 Å². The predicted molar refractivity (Wildman–Crippen MR) is 123 cm³/mol. The van der Waals surface area contributed by atoms with Crippen LogP contribution in [0.15, 0.2) is 35.2 Å². The number of thioether (sulfide) groups is 1. The van der Waals surface area contributed by atoms with Crippen LogP contribution in [0.2, 0.25) is 0 Å². The Morgan fingerprint density at radius 1 is 1.03 bits per heavy atom. The van der Waals surface area contributed by atoms with Gasteiger partial charge in [-0.3, -0.25) is 9.59 Å². The van der Waals surface area contributed by atoms with Crippen LogP contribution in [0.5, 0.6) is 0 Å². The molecule has 4 nitrogen and oxygen atoms in total. The van der Waals surface area contributed by atoms with Gasteiger partial charge in [-0.15, -0.1) is 11.8 Å². The van der Waals surface area contributed by atoms with Gasteiger partial charge in [-0.2, -0.15) is 0 Å². The zero-order valence-electron chi connectivity index (χ0n) is 18.9. The average Bonchev–Trinajstić information content (AvgIpc) is 3.12. The first-order valence-electron chi connectivity index (χ1n) is 12.0. The van der Waals surface area contributed by atoms with Crippen molar-refractivity contribution in [1.29, 1.82) is 0 Å². The number of piperidine rings is 1. The van der Waals surface area contributed by atoms with Gasteiger partial charge in [-0.1, -0.05) is 32.0 Å². The van der Waals surface area contributed by atoms with Crippen molar-refractivity contribution in [3.8, 4) is 0 Å². The van der Waals surface area contributed by atoms with Gasteiger partial charge >= 0.3 is 5.97 Å². The highest BCUT2D eigenvalue weighted by Crippen LogP contribution is 2.66. The molecule has 31 heavy (non-hydrogen) atoms. The van der Waals surface area contributed by atoms with E-state index < -0.39 is 0 Å². The van der Waals surface area contributed by atoms with Crippen molar-refractivity contribution in [2.75, 3.05) is 7.11 Å². The number of carbonyl (C=O) groups is 2. The first-order valence-corrected chi connectivity index (χ1v) is 12.8. The van der Waals surface area contributed by atoms with E-state index in [1.165, 1.54) is 18.4 Å². The lowest BCUT2D eigenvalue weighted by Crippen LogP contribution is -2.63. The summed E-state index contributed by atoms with van der Waals surface area (Å²) in [5.41, 5.74) is 0.210. The molecule has 0 spiro atoms. The molecule has 1 heterocycles. The third kappa shape index (κ3) is 3.34. The highest BCUT2D eigenvalue weighted by Gasteiger charge is 2.62. The molecule has 4 aliphatic rings. The molecule has 3 aliphatic carbocycles. The van der Waals surface area contributed by atoms with E-state index >= 15 is 0 Å². The lowest BCUT2D eigenvalue weighted by Gasteiger charge is -2.60. The summed E-state index contributed by atoms with van der Waals surface area (Å²) >= 11 is 1.72. The Morgan fingerprint density at radius 3 is 2.52 bits per heavy atom. The second-order valence-electron chi connectivity index (χ2n) is 10.8. The summed E-state index contributed by atoms with van der Waals surface area (Å²) in [6.07, 6.45) is 7.58. The number of amides is 1. The number of benzene rings is 1. The summed E-state index contributed by atoms with van der Waals surface area (Å²) in [4.78, 5) is 26.6. The quantitative estimate of drug-likeness (QED) is 0.666. The second kappa shape index (κ2) is 7.83. The lowest BCUT2D eigenvalue weighted by atomic mass is 9.47. The molecule has 4 fully saturated rings. The largest absolute Gasteiger partial charge is 0.469 e. The zero-order chi connectivity index (χ0) is 21.8. The maximum Gasteiger partial charge on any atom is 0.309 e. The van der Waals surface area contributed by atoms with Gasteiger partial charge in [0.2, 0.25) is 5.91 Å². The Bertz CT molecular complexity index is 859. The summed E-state index contributed by atoms with van der Waals surface area (Å²) in [5, 5.41) is 3.41. The maximum absolute atomic E-state index is 13.0. The fraction of sp³-hybridized carbons (Fsp3) is 0.692. The number of hydrogen-bond acceptors (Lipinski definition) is 4. The molecule has 1 saturated heterocycles. The summed E-state index contributed by atoms with van der Waals surface area (Å²) in [7, 11) is 1.53. The van der Waals surface area contributed by atoms with Gasteiger partial charge in [0.1, 0.15) is 0 Å². The Labute approximate surface area is 190 Å². The second-order valence-corrected chi connectivity index (χ2v) is 12.1. The summed E-state index contributed by atoms with van der Waals surface area (Å²) in [5.74, 6) is 2.15. The third-order valence-corrected chi connectivity index (χ3v) is 10.8. The standard InChI is InChI=1S/C26H35NO3S/c1-25-14-13-19-17(18(25)10-11-20(25)24(29)30-3)9-12-22-26(19,2)15-21(23(28)27-22)31-16-7-5-4-6-8-16/h4-8,17-22H,9-15H2,1-3H3,(H,27,28)/t17-,18-,19-,20+,21?,22+,25-,26+/m0/s1. The number of nitrogens with one attached hydrogen (secondary N) is 1. The van der Waals surface area contributed by atoms with Crippen LogP contribution in [0.3, 0.4) is 0 Å². The number of methoxy groups -OCH3 is 1. The highest BCUT2D eigenvalue weighted by molar-refractivity contribution is 8.00. The van der Waals surface area contributed by atoms with E-state index in [9.17, 15) is 9.59 Å². The van der Waals surface area contributed by atoms with E-state index in [1.807, 2.05) is 18.2 Å². The summed E-state index contributed by atoms with van der Waals surface area (Å²) in [6.45, 7) is 4.80. The van der Waals surface area contributed by atoms with E-state index in [0.717, 1.165) is 38.5 Å². The molecule has 0 aromatic heterocycles. The molecule has 168 valence electrons. The molecule has 1 aromatic carbocycles. The predicted octanol–water partition coefficient (Wildman–Crippen LogP) is 5.07. The number of carbonyl (C=O) groups excluding carboxylic acids is 2. The number of esters is 1. The SMILES string of the molecule is COC(=O)[C@H]1CC[C@H]2[C@@H]3CC[C@H]4NC(=O)C(Sc5ccccc5)C[C@]4(C)[C@H]3CC[C@]12C. The van der Waals surface area contributed by atoms with Crippen LogP contribution in [0.4, 0.5) is 0 Å². The minimum Gasteiger partial charge on any atom is -0.469 e. The Balaban J connectivity index is 1.39. The summed E-state index contributed by atoms with van der Waals surface area (Å²) in [6, 6.07) is 10.6. The van der Waals surface area contributed by atoms with Gasteiger partial charge < -0.3 is 10.1 Å². The van der Waals surface area contributed by atoms with E-state index in [0.29, 0.717) is 17.8 Å². The minimum atomic E-state index is -0.0258. The van der Waals surface area contributed by atoms with Crippen LogP contribution < -0.4 is 5.32 Å². The third-order valence-electron chi connectivity index (χ3n) is 9.61. The molecular weight excluding hydrogens is 406 g/mol. The molecule has 1 unspecified atom stereocenters. The first kappa shape index (κ1) is 21.4. The van der Waals surface area contributed by atoms with Crippen molar-refractivity contribution in [3.05, 3.63) is 30.3 Å². The number of hydrogen-bond donors (Lipinski definition) is 1.